The molecule has 3 nitrogen and oxygen atoms in total. The second kappa shape index (κ2) is 8.69. The van der Waals surface area contributed by atoms with Gasteiger partial charge in [0.25, 0.3) is 0 Å². The lowest BCUT2D eigenvalue weighted by molar-refractivity contribution is -0.149. The molecule has 1 aromatic rings. The Balaban J connectivity index is 2.68. The minimum absolute atomic E-state index is 0.226. The molecular formula is C16H24FNO2. The number of esters is 1. The van der Waals surface area contributed by atoms with Crippen LogP contribution in [0.25, 0.3) is 0 Å². The van der Waals surface area contributed by atoms with Crippen LogP contribution in [0, 0.1) is 11.7 Å². The molecule has 0 fully saturated rings. The Bertz CT molecular complexity index is 405. The molecule has 0 saturated carbocycles. The van der Waals surface area contributed by atoms with E-state index >= 15 is 0 Å². The maximum absolute atomic E-state index is 12.9. The molecule has 0 aromatic heterocycles. The van der Waals surface area contributed by atoms with Crippen LogP contribution in [-0.4, -0.2) is 18.6 Å². The number of nitrogens with two attached hydrogens (primary N) is 1. The van der Waals surface area contributed by atoms with E-state index in [4.69, 9.17) is 10.5 Å². The van der Waals surface area contributed by atoms with Gasteiger partial charge in [0, 0.05) is 6.04 Å². The topological polar surface area (TPSA) is 52.3 Å². The molecule has 0 heterocycles. The van der Waals surface area contributed by atoms with E-state index in [1.165, 1.54) is 12.1 Å². The molecule has 2 N–H and O–H groups in total. The first-order chi connectivity index (χ1) is 9.58. The first kappa shape index (κ1) is 16.6. The standard InChI is InChI=1S/C16H24FNO2/c1-3-5-6-14(16(19)20-4-2)15(18)11-12-7-9-13(17)10-8-12/h7-10,14-15H,3-6,11,18H2,1-2H3/t14-,15+/m1/s1. The molecule has 2 atom stereocenters. The summed E-state index contributed by atoms with van der Waals surface area (Å²) in [6.07, 6.45) is 3.24. The number of carbonyl (C=O) groups is 1. The van der Waals surface area contributed by atoms with Crippen molar-refractivity contribution < 1.29 is 13.9 Å². The summed E-state index contributed by atoms with van der Waals surface area (Å²) in [6, 6.07) is 5.93. The summed E-state index contributed by atoms with van der Waals surface area (Å²) in [5, 5.41) is 0. The van der Waals surface area contributed by atoms with Crippen LogP contribution in [0.15, 0.2) is 24.3 Å². The van der Waals surface area contributed by atoms with Gasteiger partial charge in [0.2, 0.25) is 0 Å². The molecular weight excluding hydrogens is 257 g/mol. The Labute approximate surface area is 120 Å². The van der Waals surface area contributed by atoms with Crippen LogP contribution in [0.2, 0.25) is 0 Å². The van der Waals surface area contributed by atoms with Crippen molar-refractivity contribution in [3.63, 3.8) is 0 Å². The summed E-state index contributed by atoms with van der Waals surface area (Å²) in [7, 11) is 0. The van der Waals surface area contributed by atoms with Gasteiger partial charge in [-0.2, -0.15) is 0 Å². The zero-order valence-corrected chi connectivity index (χ0v) is 12.3. The van der Waals surface area contributed by atoms with Crippen LogP contribution in [0.4, 0.5) is 4.39 Å². The fourth-order valence-electron chi connectivity index (χ4n) is 2.21. The van der Waals surface area contributed by atoms with Gasteiger partial charge in [-0.25, -0.2) is 4.39 Å². The van der Waals surface area contributed by atoms with Crippen LogP contribution in [0.5, 0.6) is 0 Å². The Morgan fingerprint density at radius 3 is 2.50 bits per heavy atom. The van der Waals surface area contributed by atoms with Gasteiger partial charge in [0.1, 0.15) is 5.82 Å². The summed E-state index contributed by atoms with van der Waals surface area (Å²) in [4.78, 5) is 12.0. The van der Waals surface area contributed by atoms with Crippen LogP contribution >= 0.6 is 0 Å². The third-order valence-electron chi connectivity index (χ3n) is 3.36. The number of benzene rings is 1. The molecule has 0 unspecified atom stereocenters. The van der Waals surface area contributed by atoms with E-state index in [9.17, 15) is 9.18 Å². The summed E-state index contributed by atoms with van der Waals surface area (Å²) in [5.74, 6) is -0.786. The van der Waals surface area contributed by atoms with Gasteiger partial charge in [-0.3, -0.25) is 4.79 Å². The molecule has 1 aromatic carbocycles. The third-order valence-corrected chi connectivity index (χ3v) is 3.36. The molecule has 0 aliphatic carbocycles. The van der Waals surface area contributed by atoms with Crippen molar-refractivity contribution in [1.82, 2.24) is 0 Å². The smallest absolute Gasteiger partial charge is 0.310 e. The van der Waals surface area contributed by atoms with E-state index in [0.29, 0.717) is 13.0 Å². The van der Waals surface area contributed by atoms with E-state index in [1.54, 1.807) is 19.1 Å². The van der Waals surface area contributed by atoms with Gasteiger partial charge in [-0.15, -0.1) is 0 Å². The maximum Gasteiger partial charge on any atom is 0.310 e. The Hall–Kier alpha value is -1.42. The predicted molar refractivity (Wildman–Crippen MR) is 77.7 cm³/mol. The fourth-order valence-corrected chi connectivity index (χ4v) is 2.21. The van der Waals surface area contributed by atoms with Gasteiger partial charge < -0.3 is 10.5 Å². The van der Waals surface area contributed by atoms with E-state index in [0.717, 1.165) is 24.8 Å². The Morgan fingerprint density at radius 2 is 1.95 bits per heavy atom. The number of hydrogen-bond acceptors (Lipinski definition) is 3. The molecule has 1 rings (SSSR count). The SMILES string of the molecule is CCCC[C@@H](C(=O)OCC)[C@@H](N)Cc1ccc(F)cc1. The quantitative estimate of drug-likeness (QED) is 0.745. The van der Waals surface area contributed by atoms with Gasteiger partial charge in [0.05, 0.1) is 12.5 Å². The van der Waals surface area contributed by atoms with Gasteiger partial charge in [-0.05, 0) is 37.5 Å². The van der Waals surface area contributed by atoms with Gasteiger partial charge in [0.15, 0.2) is 0 Å². The maximum atomic E-state index is 12.9. The number of hydrogen-bond donors (Lipinski definition) is 1. The monoisotopic (exact) mass is 281 g/mol. The molecule has 112 valence electrons. The van der Waals surface area contributed by atoms with Crippen LogP contribution < -0.4 is 5.73 Å². The predicted octanol–water partition coefficient (Wildman–Crippen LogP) is 3.07. The van der Waals surface area contributed by atoms with Crippen LogP contribution in [-0.2, 0) is 16.0 Å². The van der Waals surface area contributed by atoms with Crippen LogP contribution in [0.1, 0.15) is 38.7 Å². The third kappa shape index (κ3) is 5.29. The highest BCUT2D eigenvalue weighted by Crippen LogP contribution is 2.18. The molecule has 0 radical (unpaired) electrons. The second-order valence-electron chi connectivity index (χ2n) is 5.00. The first-order valence-electron chi connectivity index (χ1n) is 7.25. The molecule has 0 bridgehead atoms. The highest BCUT2D eigenvalue weighted by atomic mass is 19.1. The van der Waals surface area contributed by atoms with Crippen molar-refractivity contribution in [2.75, 3.05) is 6.61 Å². The second-order valence-corrected chi connectivity index (χ2v) is 5.00. The van der Waals surface area contributed by atoms with E-state index < -0.39 is 0 Å². The minimum atomic E-state index is -0.300. The van der Waals surface area contributed by atoms with Crippen LogP contribution in [0.3, 0.4) is 0 Å². The van der Waals surface area contributed by atoms with Crippen molar-refractivity contribution in [2.45, 2.75) is 45.6 Å². The Kier molecular flexibility index (Phi) is 7.23. The van der Waals surface area contributed by atoms with Gasteiger partial charge >= 0.3 is 5.97 Å². The number of unbranched alkanes of at least 4 members (excludes halogenated alkanes) is 1. The first-order valence-corrected chi connectivity index (χ1v) is 7.25. The number of ether oxygens (including phenoxy) is 1. The number of rotatable bonds is 8. The molecule has 0 aliphatic rings. The largest absolute Gasteiger partial charge is 0.466 e. The molecule has 20 heavy (non-hydrogen) atoms. The lowest BCUT2D eigenvalue weighted by Gasteiger charge is -2.22. The fraction of sp³-hybridized carbons (Fsp3) is 0.562. The highest BCUT2D eigenvalue weighted by Gasteiger charge is 2.26. The Morgan fingerprint density at radius 1 is 1.30 bits per heavy atom. The molecule has 4 heteroatoms. The molecule has 0 spiro atoms. The lowest BCUT2D eigenvalue weighted by atomic mass is 9.90. The van der Waals surface area contributed by atoms with E-state index in [1.807, 2.05) is 0 Å². The van der Waals surface area contributed by atoms with Crippen molar-refractivity contribution in [2.24, 2.45) is 11.7 Å². The van der Waals surface area contributed by atoms with E-state index in [-0.39, 0.29) is 23.7 Å². The van der Waals surface area contributed by atoms with Crippen molar-refractivity contribution in [3.8, 4) is 0 Å². The minimum Gasteiger partial charge on any atom is -0.466 e. The zero-order chi connectivity index (χ0) is 15.0. The van der Waals surface area contributed by atoms with E-state index in [2.05, 4.69) is 6.92 Å². The van der Waals surface area contributed by atoms with Crippen molar-refractivity contribution >= 4 is 5.97 Å². The average molecular weight is 281 g/mol. The molecule has 0 amide bonds. The lowest BCUT2D eigenvalue weighted by Crippen LogP contribution is -2.38. The van der Waals surface area contributed by atoms with Gasteiger partial charge in [-0.1, -0.05) is 31.9 Å². The molecule has 0 aliphatic heterocycles. The molecule has 0 saturated heterocycles. The summed E-state index contributed by atoms with van der Waals surface area (Å²) < 4.78 is 18.0. The van der Waals surface area contributed by atoms with Crippen molar-refractivity contribution in [1.29, 1.82) is 0 Å². The number of halogens is 1. The summed E-state index contributed by atoms with van der Waals surface area (Å²) in [5.41, 5.74) is 7.10. The summed E-state index contributed by atoms with van der Waals surface area (Å²) in [6.45, 7) is 4.23. The summed E-state index contributed by atoms with van der Waals surface area (Å²) >= 11 is 0. The average Bonchev–Trinajstić information content (AvgIpc) is 2.42. The number of carbonyl (C=O) groups excluding carboxylic acids is 1. The highest BCUT2D eigenvalue weighted by molar-refractivity contribution is 5.73. The van der Waals surface area contributed by atoms with Crippen molar-refractivity contribution in [3.05, 3.63) is 35.6 Å². The normalized spacial score (nSPS) is 13.8. The zero-order valence-electron chi connectivity index (χ0n) is 12.3.